The molecule has 0 spiro atoms. The van der Waals surface area contributed by atoms with Gasteiger partial charge in [0.2, 0.25) is 0 Å². The predicted molar refractivity (Wildman–Crippen MR) is 89.8 cm³/mol. The first kappa shape index (κ1) is 16.3. The molecule has 21 heavy (non-hydrogen) atoms. The molecule has 4 nitrogen and oxygen atoms in total. The maximum absolute atomic E-state index is 11.5. The summed E-state index contributed by atoms with van der Waals surface area (Å²) in [5, 5.41) is 3.69. The van der Waals surface area contributed by atoms with Crippen molar-refractivity contribution in [3.05, 3.63) is 55.7 Å². The summed E-state index contributed by atoms with van der Waals surface area (Å²) in [6.07, 6.45) is 1.72. The number of aromatic nitrogens is 1. The number of ether oxygens (including phenoxy) is 1. The van der Waals surface area contributed by atoms with Gasteiger partial charge in [-0.05, 0) is 56.1 Å². The molecule has 2 aromatic rings. The monoisotopic (exact) mass is 432 g/mol. The molecule has 0 saturated heterocycles. The lowest BCUT2D eigenvalue weighted by atomic mass is 10.2. The van der Waals surface area contributed by atoms with E-state index in [-0.39, 0.29) is 0 Å². The Morgan fingerprint density at radius 1 is 1.38 bits per heavy atom. The van der Waals surface area contributed by atoms with Crippen molar-refractivity contribution in [1.29, 1.82) is 0 Å². The Bertz CT molecular complexity index is 680. The molecule has 0 saturated carbocycles. The standard InChI is InChI=1S/C14H11Br2ClN2O2/c1-21-14(20)8-2-3-11(17)12(4-8)19-7-13-10(16)5-9(15)6-18-13/h2-6,19H,7H2,1H3. The second-order valence-electron chi connectivity index (χ2n) is 4.12. The van der Waals surface area contributed by atoms with Crippen molar-refractivity contribution >= 4 is 55.1 Å². The van der Waals surface area contributed by atoms with Crippen molar-refractivity contribution in [3.63, 3.8) is 0 Å². The molecule has 110 valence electrons. The number of benzene rings is 1. The number of halogens is 3. The lowest BCUT2D eigenvalue weighted by Crippen LogP contribution is -2.06. The predicted octanol–water partition coefficient (Wildman–Crippen LogP) is 4.66. The zero-order valence-electron chi connectivity index (χ0n) is 11.0. The van der Waals surface area contributed by atoms with Gasteiger partial charge in [0.25, 0.3) is 0 Å². The van der Waals surface area contributed by atoms with Gasteiger partial charge in [-0.3, -0.25) is 4.98 Å². The Kier molecular flexibility index (Phi) is 5.61. The summed E-state index contributed by atoms with van der Waals surface area (Å²) in [7, 11) is 1.34. The molecule has 0 fully saturated rings. The third-order valence-corrected chi connectivity index (χ3v) is 4.17. The summed E-state index contributed by atoms with van der Waals surface area (Å²) >= 11 is 12.9. The van der Waals surface area contributed by atoms with Gasteiger partial charge in [0, 0.05) is 15.1 Å². The second kappa shape index (κ2) is 7.24. The Morgan fingerprint density at radius 3 is 2.81 bits per heavy atom. The number of hydrogen-bond donors (Lipinski definition) is 1. The highest BCUT2D eigenvalue weighted by Gasteiger charge is 2.10. The minimum Gasteiger partial charge on any atom is -0.465 e. The Balaban J connectivity index is 2.17. The fraction of sp³-hybridized carbons (Fsp3) is 0.143. The van der Waals surface area contributed by atoms with Gasteiger partial charge < -0.3 is 10.1 Å². The van der Waals surface area contributed by atoms with Crippen molar-refractivity contribution in [2.24, 2.45) is 0 Å². The third-order valence-electron chi connectivity index (χ3n) is 2.72. The molecule has 0 amide bonds. The minimum atomic E-state index is -0.405. The SMILES string of the molecule is COC(=O)c1ccc(Cl)c(NCc2ncc(Br)cc2Br)c1. The van der Waals surface area contributed by atoms with Crippen LogP contribution in [0.3, 0.4) is 0 Å². The first-order chi connectivity index (χ1) is 10.0. The highest BCUT2D eigenvalue weighted by Crippen LogP contribution is 2.25. The van der Waals surface area contributed by atoms with Crippen molar-refractivity contribution in [3.8, 4) is 0 Å². The van der Waals surface area contributed by atoms with Gasteiger partial charge in [-0.1, -0.05) is 11.6 Å². The summed E-state index contributed by atoms with van der Waals surface area (Å²) in [5.41, 5.74) is 1.92. The number of nitrogens with one attached hydrogen (secondary N) is 1. The molecule has 0 atom stereocenters. The van der Waals surface area contributed by atoms with Crippen LogP contribution in [0.5, 0.6) is 0 Å². The molecule has 1 aromatic heterocycles. The van der Waals surface area contributed by atoms with Crippen LogP contribution in [0.1, 0.15) is 16.1 Å². The van der Waals surface area contributed by atoms with E-state index in [0.717, 1.165) is 14.6 Å². The van der Waals surface area contributed by atoms with Gasteiger partial charge in [-0.2, -0.15) is 0 Å². The summed E-state index contributed by atoms with van der Waals surface area (Å²) in [6.45, 7) is 0.470. The third kappa shape index (κ3) is 4.18. The maximum Gasteiger partial charge on any atom is 0.337 e. The molecule has 0 unspecified atom stereocenters. The first-order valence-corrected chi connectivity index (χ1v) is 7.89. The molecule has 1 N–H and O–H groups in total. The summed E-state index contributed by atoms with van der Waals surface area (Å²) in [6, 6.07) is 6.84. The molecule has 0 bridgehead atoms. The van der Waals surface area contributed by atoms with E-state index >= 15 is 0 Å². The van der Waals surface area contributed by atoms with E-state index in [2.05, 4.69) is 42.2 Å². The van der Waals surface area contributed by atoms with Gasteiger partial charge in [0.1, 0.15) is 0 Å². The quantitative estimate of drug-likeness (QED) is 0.712. The zero-order chi connectivity index (χ0) is 15.4. The molecule has 1 heterocycles. The molecule has 1 aromatic carbocycles. The van der Waals surface area contributed by atoms with Crippen molar-refractivity contribution in [1.82, 2.24) is 4.98 Å². The summed E-state index contributed by atoms with van der Waals surface area (Å²) in [4.78, 5) is 15.8. The normalized spacial score (nSPS) is 10.3. The number of pyridine rings is 1. The highest BCUT2D eigenvalue weighted by molar-refractivity contribution is 9.11. The van der Waals surface area contributed by atoms with Crippen LogP contribution < -0.4 is 5.32 Å². The molecule has 0 aliphatic rings. The summed E-state index contributed by atoms with van der Waals surface area (Å²) < 4.78 is 6.46. The molecule has 2 rings (SSSR count). The lowest BCUT2D eigenvalue weighted by Gasteiger charge is -2.10. The van der Waals surface area contributed by atoms with Crippen LogP contribution in [0.2, 0.25) is 5.02 Å². The van der Waals surface area contributed by atoms with Gasteiger partial charge in [0.05, 0.1) is 35.6 Å². The van der Waals surface area contributed by atoms with Gasteiger partial charge in [-0.25, -0.2) is 4.79 Å². The molecule has 0 aliphatic carbocycles. The lowest BCUT2D eigenvalue weighted by molar-refractivity contribution is 0.0601. The van der Waals surface area contributed by atoms with Crippen LogP contribution in [-0.2, 0) is 11.3 Å². The fourth-order valence-electron chi connectivity index (χ4n) is 1.66. The van der Waals surface area contributed by atoms with E-state index in [4.69, 9.17) is 16.3 Å². The van der Waals surface area contributed by atoms with Crippen LogP contribution in [0.15, 0.2) is 39.4 Å². The average Bonchev–Trinajstić information content (AvgIpc) is 2.47. The number of carbonyl (C=O) groups is 1. The smallest absolute Gasteiger partial charge is 0.337 e. The zero-order valence-corrected chi connectivity index (χ0v) is 14.9. The highest BCUT2D eigenvalue weighted by atomic mass is 79.9. The number of hydrogen-bond acceptors (Lipinski definition) is 4. The number of anilines is 1. The van der Waals surface area contributed by atoms with Crippen LogP contribution in [0.4, 0.5) is 5.69 Å². The van der Waals surface area contributed by atoms with Crippen LogP contribution in [-0.4, -0.2) is 18.1 Å². The molecule has 0 radical (unpaired) electrons. The van der Waals surface area contributed by atoms with Crippen LogP contribution in [0.25, 0.3) is 0 Å². The Morgan fingerprint density at radius 2 is 2.14 bits per heavy atom. The van der Waals surface area contributed by atoms with E-state index in [0.29, 0.717) is 22.8 Å². The van der Waals surface area contributed by atoms with Gasteiger partial charge >= 0.3 is 5.97 Å². The van der Waals surface area contributed by atoms with Crippen molar-refractivity contribution in [2.45, 2.75) is 6.54 Å². The number of carbonyl (C=O) groups excluding carboxylic acids is 1. The second-order valence-corrected chi connectivity index (χ2v) is 6.30. The fourth-order valence-corrected chi connectivity index (χ4v) is 2.97. The van der Waals surface area contributed by atoms with Crippen molar-refractivity contribution < 1.29 is 9.53 Å². The number of methoxy groups -OCH3 is 1. The van der Waals surface area contributed by atoms with E-state index in [1.54, 1.807) is 24.4 Å². The molecule has 7 heteroatoms. The van der Waals surface area contributed by atoms with Crippen LogP contribution in [0, 0.1) is 0 Å². The van der Waals surface area contributed by atoms with Crippen LogP contribution >= 0.6 is 43.5 Å². The van der Waals surface area contributed by atoms with Crippen molar-refractivity contribution in [2.75, 3.05) is 12.4 Å². The molecular weight excluding hydrogens is 423 g/mol. The van der Waals surface area contributed by atoms with Gasteiger partial charge in [0.15, 0.2) is 0 Å². The molecular formula is C14H11Br2ClN2O2. The largest absolute Gasteiger partial charge is 0.465 e. The number of nitrogens with zero attached hydrogens (tertiary/aromatic N) is 1. The maximum atomic E-state index is 11.5. The molecule has 0 aliphatic heterocycles. The van der Waals surface area contributed by atoms with E-state index in [9.17, 15) is 4.79 Å². The average molecular weight is 435 g/mol. The van der Waals surface area contributed by atoms with E-state index in [1.807, 2.05) is 6.07 Å². The number of rotatable bonds is 4. The topological polar surface area (TPSA) is 51.2 Å². The Hall–Kier alpha value is -1.11. The van der Waals surface area contributed by atoms with E-state index in [1.165, 1.54) is 7.11 Å². The minimum absolute atomic E-state index is 0.405. The summed E-state index contributed by atoms with van der Waals surface area (Å²) in [5.74, 6) is -0.405. The number of esters is 1. The van der Waals surface area contributed by atoms with E-state index < -0.39 is 5.97 Å². The first-order valence-electron chi connectivity index (χ1n) is 5.93. The van der Waals surface area contributed by atoms with Gasteiger partial charge in [-0.15, -0.1) is 0 Å². The Labute approximate surface area is 144 Å².